The molecule has 0 atom stereocenters. The van der Waals surface area contributed by atoms with Gasteiger partial charge in [-0.2, -0.15) is 0 Å². The number of ether oxygens (including phenoxy) is 1. The van der Waals surface area contributed by atoms with Gasteiger partial charge in [0.25, 0.3) is 0 Å². The maximum atomic E-state index is 5.78. The topological polar surface area (TPSA) is 35.2 Å². The van der Waals surface area contributed by atoms with Crippen LogP contribution in [-0.2, 0) is 6.42 Å². The van der Waals surface area contributed by atoms with Gasteiger partial charge in [0.05, 0.1) is 6.61 Å². The van der Waals surface area contributed by atoms with E-state index in [1.54, 1.807) is 0 Å². The number of aryl methyl sites for hydroxylation is 1. The van der Waals surface area contributed by atoms with E-state index in [1.807, 2.05) is 6.07 Å². The van der Waals surface area contributed by atoms with Gasteiger partial charge in [0.2, 0.25) is 0 Å². The third-order valence-electron chi connectivity index (χ3n) is 2.71. The van der Waals surface area contributed by atoms with Crippen LogP contribution in [0.2, 0.25) is 0 Å². The van der Waals surface area contributed by atoms with Crippen LogP contribution < -0.4 is 10.5 Å². The van der Waals surface area contributed by atoms with Crippen molar-refractivity contribution in [3.05, 3.63) is 29.8 Å². The van der Waals surface area contributed by atoms with Crippen molar-refractivity contribution >= 4 is 0 Å². The molecule has 0 aliphatic heterocycles. The Balaban J connectivity index is 2.21. The molecule has 0 heterocycles. The number of para-hydroxylation sites is 1. The van der Waals surface area contributed by atoms with E-state index in [-0.39, 0.29) is 0 Å². The standard InChI is InChI=1S/C14H23NO/c1-2-13-9-5-6-10-14(13)16-12-8-4-3-7-11-15/h5-6,9-10H,2-4,7-8,11-12,15H2,1H3. The average Bonchev–Trinajstić information content (AvgIpc) is 2.34. The van der Waals surface area contributed by atoms with Crippen LogP contribution in [0.15, 0.2) is 24.3 Å². The van der Waals surface area contributed by atoms with Gasteiger partial charge in [-0.05, 0) is 37.4 Å². The Hall–Kier alpha value is -1.02. The molecule has 2 nitrogen and oxygen atoms in total. The van der Waals surface area contributed by atoms with Crippen LogP contribution in [-0.4, -0.2) is 13.2 Å². The fourth-order valence-corrected chi connectivity index (χ4v) is 1.72. The summed E-state index contributed by atoms with van der Waals surface area (Å²) in [5.74, 6) is 1.05. The first-order chi connectivity index (χ1) is 7.88. The first-order valence-electron chi connectivity index (χ1n) is 6.29. The van der Waals surface area contributed by atoms with Crippen LogP contribution in [0.1, 0.15) is 38.2 Å². The van der Waals surface area contributed by atoms with Gasteiger partial charge in [-0.1, -0.05) is 38.0 Å². The van der Waals surface area contributed by atoms with Gasteiger partial charge in [0.1, 0.15) is 5.75 Å². The third kappa shape index (κ3) is 4.67. The van der Waals surface area contributed by atoms with E-state index in [0.29, 0.717) is 0 Å². The SMILES string of the molecule is CCc1ccccc1OCCCCCCN. The summed E-state index contributed by atoms with van der Waals surface area (Å²) in [7, 11) is 0. The van der Waals surface area contributed by atoms with E-state index in [0.717, 1.165) is 38.2 Å². The second-order valence-electron chi connectivity index (χ2n) is 4.01. The van der Waals surface area contributed by atoms with Crippen LogP contribution in [0.5, 0.6) is 5.75 Å². The number of benzene rings is 1. The molecule has 0 aliphatic rings. The van der Waals surface area contributed by atoms with Crippen molar-refractivity contribution in [2.24, 2.45) is 5.73 Å². The summed E-state index contributed by atoms with van der Waals surface area (Å²) in [4.78, 5) is 0. The van der Waals surface area contributed by atoms with Crippen molar-refractivity contribution in [2.45, 2.75) is 39.0 Å². The van der Waals surface area contributed by atoms with Gasteiger partial charge < -0.3 is 10.5 Å². The summed E-state index contributed by atoms with van der Waals surface area (Å²) in [6, 6.07) is 8.28. The maximum absolute atomic E-state index is 5.78. The van der Waals surface area contributed by atoms with Crippen molar-refractivity contribution in [2.75, 3.05) is 13.2 Å². The Labute approximate surface area is 98.8 Å². The number of nitrogens with two attached hydrogens (primary N) is 1. The predicted molar refractivity (Wildman–Crippen MR) is 68.8 cm³/mol. The normalized spacial score (nSPS) is 10.4. The van der Waals surface area contributed by atoms with Gasteiger partial charge >= 0.3 is 0 Å². The summed E-state index contributed by atoms with van der Waals surface area (Å²) in [5.41, 5.74) is 6.74. The minimum absolute atomic E-state index is 0.805. The molecule has 0 fully saturated rings. The van der Waals surface area contributed by atoms with E-state index < -0.39 is 0 Å². The zero-order valence-corrected chi connectivity index (χ0v) is 10.2. The van der Waals surface area contributed by atoms with E-state index >= 15 is 0 Å². The summed E-state index contributed by atoms with van der Waals surface area (Å²) in [5, 5.41) is 0. The lowest BCUT2D eigenvalue weighted by Crippen LogP contribution is -2.01. The lowest BCUT2D eigenvalue weighted by molar-refractivity contribution is 0.302. The molecule has 1 rings (SSSR count). The lowest BCUT2D eigenvalue weighted by Gasteiger charge is -2.09. The molecule has 0 saturated carbocycles. The quantitative estimate of drug-likeness (QED) is 0.684. The Morgan fingerprint density at radius 2 is 1.81 bits per heavy atom. The number of hydrogen-bond donors (Lipinski definition) is 1. The summed E-state index contributed by atoms with van der Waals surface area (Å²) in [6.45, 7) is 3.78. The van der Waals surface area contributed by atoms with E-state index in [9.17, 15) is 0 Å². The fraction of sp³-hybridized carbons (Fsp3) is 0.571. The van der Waals surface area contributed by atoms with Crippen LogP contribution in [0.25, 0.3) is 0 Å². The van der Waals surface area contributed by atoms with E-state index in [2.05, 4.69) is 25.1 Å². The first-order valence-corrected chi connectivity index (χ1v) is 6.29. The molecule has 0 amide bonds. The Morgan fingerprint density at radius 3 is 2.56 bits per heavy atom. The summed E-state index contributed by atoms with van der Waals surface area (Å²) < 4.78 is 5.78. The second-order valence-corrected chi connectivity index (χ2v) is 4.01. The molecule has 90 valence electrons. The van der Waals surface area contributed by atoms with Crippen molar-refractivity contribution in [1.82, 2.24) is 0 Å². The molecule has 0 spiro atoms. The zero-order valence-electron chi connectivity index (χ0n) is 10.2. The van der Waals surface area contributed by atoms with Crippen molar-refractivity contribution < 1.29 is 4.74 Å². The van der Waals surface area contributed by atoms with Crippen molar-refractivity contribution in [1.29, 1.82) is 0 Å². The molecule has 0 aromatic heterocycles. The van der Waals surface area contributed by atoms with E-state index in [4.69, 9.17) is 10.5 Å². The Kier molecular flexibility index (Phi) is 6.66. The molecule has 0 bridgehead atoms. The van der Waals surface area contributed by atoms with Gasteiger partial charge in [0, 0.05) is 0 Å². The predicted octanol–water partition coefficient (Wildman–Crippen LogP) is 3.15. The minimum atomic E-state index is 0.805. The fourth-order valence-electron chi connectivity index (χ4n) is 1.72. The molecule has 16 heavy (non-hydrogen) atoms. The second kappa shape index (κ2) is 8.17. The molecule has 0 aliphatic carbocycles. The molecule has 2 N–H and O–H groups in total. The molecular formula is C14H23NO. The monoisotopic (exact) mass is 221 g/mol. The van der Waals surface area contributed by atoms with E-state index in [1.165, 1.54) is 18.4 Å². The summed E-state index contributed by atoms with van der Waals surface area (Å²) in [6.07, 6.45) is 5.72. The van der Waals surface area contributed by atoms with Crippen LogP contribution in [0, 0.1) is 0 Å². The largest absolute Gasteiger partial charge is 0.493 e. The average molecular weight is 221 g/mol. The highest BCUT2D eigenvalue weighted by molar-refractivity contribution is 5.33. The molecule has 0 radical (unpaired) electrons. The van der Waals surface area contributed by atoms with Crippen LogP contribution >= 0.6 is 0 Å². The van der Waals surface area contributed by atoms with Gasteiger partial charge in [-0.15, -0.1) is 0 Å². The van der Waals surface area contributed by atoms with Crippen molar-refractivity contribution in [3.63, 3.8) is 0 Å². The molecule has 1 aromatic rings. The smallest absolute Gasteiger partial charge is 0.122 e. The molecular weight excluding hydrogens is 198 g/mol. The lowest BCUT2D eigenvalue weighted by atomic mass is 10.1. The highest BCUT2D eigenvalue weighted by Crippen LogP contribution is 2.18. The molecule has 1 aromatic carbocycles. The van der Waals surface area contributed by atoms with Crippen molar-refractivity contribution in [3.8, 4) is 5.75 Å². The highest BCUT2D eigenvalue weighted by atomic mass is 16.5. The van der Waals surface area contributed by atoms with Gasteiger partial charge in [-0.25, -0.2) is 0 Å². The molecule has 0 unspecified atom stereocenters. The first kappa shape index (κ1) is 13.0. The number of hydrogen-bond acceptors (Lipinski definition) is 2. The summed E-state index contributed by atoms with van der Waals surface area (Å²) >= 11 is 0. The van der Waals surface area contributed by atoms with Gasteiger partial charge in [0.15, 0.2) is 0 Å². The van der Waals surface area contributed by atoms with Crippen LogP contribution in [0.4, 0.5) is 0 Å². The Morgan fingerprint density at radius 1 is 1.06 bits per heavy atom. The maximum Gasteiger partial charge on any atom is 0.122 e. The zero-order chi connectivity index (χ0) is 11.6. The minimum Gasteiger partial charge on any atom is -0.493 e. The molecule has 0 saturated heterocycles. The number of unbranched alkanes of at least 4 members (excludes halogenated alkanes) is 3. The highest BCUT2D eigenvalue weighted by Gasteiger charge is 1.99. The Bertz CT molecular complexity index is 286. The molecule has 2 heteroatoms. The van der Waals surface area contributed by atoms with Gasteiger partial charge in [-0.3, -0.25) is 0 Å². The number of rotatable bonds is 8. The third-order valence-corrected chi connectivity index (χ3v) is 2.71. The van der Waals surface area contributed by atoms with Crippen LogP contribution in [0.3, 0.4) is 0 Å².